The smallest absolute Gasteiger partial charge is 0.316 e. The Morgan fingerprint density at radius 1 is 0.468 bits per heavy atom. The molecule has 47 heavy (non-hydrogen) atoms. The van der Waals surface area contributed by atoms with Crippen molar-refractivity contribution in [1.82, 2.24) is 0 Å². The van der Waals surface area contributed by atoms with Gasteiger partial charge in [-0.3, -0.25) is 24.0 Å². The van der Waals surface area contributed by atoms with Crippen LogP contribution in [0.3, 0.4) is 0 Å². The first kappa shape index (κ1) is 41.2. The van der Waals surface area contributed by atoms with Gasteiger partial charge in [-0.25, -0.2) is 0 Å². The molecule has 0 aliphatic heterocycles. The molecule has 0 fully saturated rings. The predicted molar refractivity (Wildman–Crippen MR) is 179 cm³/mol. The van der Waals surface area contributed by atoms with E-state index >= 15 is 0 Å². The van der Waals surface area contributed by atoms with Crippen molar-refractivity contribution in [3.8, 4) is 23.0 Å². The van der Waals surface area contributed by atoms with Gasteiger partial charge in [0.25, 0.3) is 0 Å². The highest BCUT2D eigenvalue weighted by molar-refractivity contribution is 5.91. The van der Waals surface area contributed by atoms with E-state index in [2.05, 4.69) is 0 Å². The van der Waals surface area contributed by atoms with Crippen LogP contribution in [0.5, 0.6) is 23.0 Å². The number of hydrogen-bond acceptors (Lipinski definition) is 11. The number of ketones is 1. The van der Waals surface area contributed by atoms with Gasteiger partial charge in [0.1, 0.15) is 0 Å². The van der Waals surface area contributed by atoms with Crippen molar-refractivity contribution in [1.29, 1.82) is 0 Å². The van der Waals surface area contributed by atoms with E-state index in [1.165, 1.54) is 36.4 Å². The molecule has 2 rings (SSSR count). The normalized spacial score (nSPS) is 13.4. The number of ether oxygens (including phenoxy) is 4. The monoisotopic (exact) mass is 676 g/mol. The minimum absolute atomic E-state index is 0. The van der Waals surface area contributed by atoms with Gasteiger partial charge in [0, 0.05) is 0 Å². The summed E-state index contributed by atoms with van der Waals surface area (Å²) < 4.78 is 22.2. The van der Waals surface area contributed by atoms with Crippen LogP contribution in [0.25, 0.3) is 0 Å². The van der Waals surface area contributed by atoms with Crippen LogP contribution in [0.4, 0.5) is 0 Å². The predicted octanol–water partition coefficient (Wildman–Crippen LogP) is 6.18. The van der Waals surface area contributed by atoms with Crippen LogP contribution < -0.4 is 30.4 Å². The maximum atomic E-state index is 13.6. The Kier molecular flexibility index (Phi) is 13.1. The summed E-state index contributed by atoms with van der Waals surface area (Å²) >= 11 is 0. The summed E-state index contributed by atoms with van der Waals surface area (Å²) in [5, 5.41) is 0. The van der Waals surface area contributed by atoms with Gasteiger partial charge in [-0.2, -0.15) is 0 Å². The van der Waals surface area contributed by atoms with Crippen LogP contribution in [-0.4, -0.2) is 29.7 Å². The summed E-state index contributed by atoms with van der Waals surface area (Å²) in [4.78, 5) is 64.3. The average molecular weight is 677 g/mol. The van der Waals surface area contributed by atoms with Crippen molar-refractivity contribution in [3.05, 3.63) is 47.5 Å². The highest BCUT2D eigenvalue weighted by Crippen LogP contribution is 2.37. The van der Waals surface area contributed by atoms with Crippen molar-refractivity contribution >= 4 is 42.1 Å². The molecule has 260 valence electrons. The fourth-order valence-corrected chi connectivity index (χ4v) is 3.30. The van der Waals surface area contributed by atoms with E-state index in [4.69, 9.17) is 30.4 Å². The third kappa shape index (κ3) is 11.2. The Morgan fingerprint density at radius 3 is 0.936 bits per heavy atom. The topological polar surface area (TPSA) is 174 Å². The lowest BCUT2D eigenvalue weighted by Gasteiger charge is -2.23. The second-order valence-corrected chi connectivity index (χ2v) is 15.3. The first-order valence-corrected chi connectivity index (χ1v) is 15.0. The highest BCUT2D eigenvalue weighted by atomic mass is 35.5. The third-order valence-corrected chi connectivity index (χ3v) is 6.53. The number of rotatable bonds is 8. The van der Waals surface area contributed by atoms with E-state index in [9.17, 15) is 24.0 Å². The van der Waals surface area contributed by atoms with Crippen molar-refractivity contribution in [2.45, 2.75) is 95.2 Å². The molecule has 2 aromatic rings. The molecule has 12 heteroatoms. The SMILES string of the molecule is CC(C)(C)C(=O)Oc1ccc(C(N)C(=O)C(N)c2ccc(OC(=O)C(C)(C)C)c(OC(=O)C(C)(C)C)c2)cc1OC(=O)C(C)(C)C.Cl. The van der Waals surface area contributed by atoms with Crippen LogP contribution >= 0.6 is 12.4 Å². The molecule has 2 unspecified atom stereocenters. The molecule has 2 aromatic carbocycles. The Hall–Kier alpha value is -3.80. The van der Waals surface area contributed by atoms with Gasteiger partial charge in [0.05, 0.1) is 33.7 Å². The van der Waals surface area contributed by atoms with Crippen LogP contribution in [0.15, 0.2) is 36.4 Å². The molecule has 0 saturated carbocycles. The lowest BCUT2D eigenvalue weighted by Crippen LogP contribution is -2.32. The number of Topliss-reactive ketones (excluding diaryl/α,β-unsaturated/α-hetero) is 1. The number of carbonyl (C=O) groups excluding carboxylic acids is 5. The maximum absolute atomic E-state index is 13.6. The Bertz CT molecular complexity index is 1400. The Morgan fingerprint density at radius 2 is 0.702 bits per heavy atom. The van der Waals surface area contributed by atoms with E-state index in [0.717, 1.165) is 0 Å². The van der Waals surface area contributed by atoms with Gasteiger partial charge in [0.15, 0.2) is 28.8 Å². The first-order valence-electron chi connectivity index (χ1n) is 15.0. The van der Waals surface area contributed by atoms with Gasteiger partial charge in [-0.05, 0) is 118 Å². The summed E-state index contributed by atoms with van der Waals surface area (Å²) in [6.45, 7) is 20.0. The van der Waals surface area contributed by atoms with Gasteiger partial charge >= 0.3 is 23.9 Å². The molecule has 11 nitrogen and oxygen atoms in total. The first-order chi connectivity index (χ1) is 20.7. The zero-order valence-corrected chi connectivity index (χ0v) is 30.2. The average Bonchev–Trinajstić information content (AvgIpc) is 2.91. The van der Waals surface area contributed by atoms with E-state index in [1.54, 1.807) is 83.1 Å². The zero-order valence-electron chi connectivity index (χ0n) is 29.4. The fourth-order valence-electron chi connectivity index (χ4n) is 3.30. The lowest BCUT2D eigenvalue weighted by molar-refractivity contribution is -0.145. The molecule has 2 atom stereocenters. The quantitative estimate of drug-likeness (QED) is 0.241. The summed E-state index contributed by atoms with van der Waals surface area (Å²) in [7, 11) is 0. The fraction of sp³-hybridized carbons (Fsp3) is 0.514. The van der Waals surface area contributed by atoms with Crippen molar-refractivity contribution < 1.29 is 42.9 Å². The van der Waals surface area contributed by atoms with E-state index in [1.807, 2.05) is 0 Å². The van der Waals surface area contributed by atoms with Crippen LogP contribution in [0, 0.1) is 21.7 Å². The highest BCUT2D eigenvalue weighted by Gasteiger charge is 2.32. The second-order valence-electron chi connectivity index (χ2n) is 15.3. The van der Waals surface area contributed by atoms with Crippen molar-refractivity contribution in [3.63, 3.8) is 0 Å². The molecule has 0 radical (unpaired) electrons. The van der Waals surface area contributed by atoms with Crippen molar-refractivity contribution in [2.24, 2.45) is 33.1 Å². The van der Waals surface area contributed by atoms with Gasteiger partial charge < -0.3 is 30.4 Å². The lowest BCUT2D eigenvalue weighted by atomic mass is 9.93. The van der Waals surface area contributed by atoms with Gasteiger partial charge in [0.2, 0.25) is 0 Å². The van der Waals surface area contributed by atoms with Crippen molar-refractivity contribution in [2.75, 3.05) is 0 Å². The molecule has 4 N–H and O–H groups in total. The molecule has 0 bridgehead atoms. The van der Waals surface area contributed by atoms with Crippen LogP contribution in [0.2, 0.25) is 0 Å². The standard InChI is InChI=1S/C35H48N2O9.ClH/c1-32(2,3)28(39)43-21-15-13-19(17-23(21)45-30(41)34(7,8)9)25(36)27(38)26(37)20-14-16-22(44-29(40)33(4,5)6)24(18-20)46-31(42)35(10,11)12;/h13-18,25-26H,36-37H2,1-12H3;1H. The minimum Gasteiger partial charge on any atom is -0.422 e. The molecule has 0 aliphatic carbocycles. The number of hydrogen-bond donors (Lipinski definition) is 2. The molecule has 0 saturated heterocycles. The maximum Gasteiger partial charge on any atom is 0.316 e. The minimum atomic E-state index is -1.30. The van der Waals surface area contributed by atoms with E-state index in [0.29, 0.717) is 0 Å². The van der Waals surface area contributed by atoms with E-state index < -0.39 is 63.4 Å². The molecule has 0 aromatic heterocycles. The largest absolute Gasteiger partial charge is 0.422 e. The molecular formula is C35H49ClN2O9. The van der Waals surface area contributed by atoms with Crippen LogP contribution in [0.1, 0.15) is 106 Å². The number of benzene rings is 2. The summed E-state index contributed by atoms with van der Waals surface area (Å²) in [6, 6.07) is 5.85. The van der Waals surface area contributed by atoms with Gasteiger partial charge in [-0.1, -0.05) is 12.1 Å². The third-order valence-electron chi connectivity index (χ3n) is 6.53. The summed E-state index contributed by atoms with van der Waals surface area (Å²) in [5.74, 6) is -3.16. The van der Waals surface area contributed by atoms with Gasteiger partial charge in [-0.15, -0.1) is 12.4 Å². The number of esters is 4. The Balaban J connectivity index is 0.0000110. The number of nitrogens with two attached hydrogens (primary N) is 2. The summed E-state index contributed by atoms with van der Waals surface area (Å²) in [6.07, 6.45) is 0. The number of carbonyl (C=O) groups is 5. The molecule has 0 aliphatic rings. The number of halogens is 1. The molecule has 0 heterocycles. The molecule has 0 amide bonds. The zero-order chi connectivity index (χ0) is 35.6. The molecular weight excluding hydrogens is 628 g/mol. The second kappa shape index (κ2) is 15.0. The molecule has 0 spiro atoms. The summed E-state index contributed by atoms with van der Waals surface area (Å²) in [5.41, 5.74) is 9.76. The van der Waals surface area contributed by atoms with E-state index in [-0.39, 0.29) is 46.5 Å². The van der Waals surface area contributed by atoms with Crippen LogP contribution in [-0.2, 0) is 24.0 Å². The Labute approximate surface area is 283 Å².